The molecule has 0 saturated carbocycles. The predicted molar refractivity (Wildman–Crippen MR) is 107 cm³/mol. The largest absolute Gasteiger partial charge is 0.493 e. The smallest absolute Gasteiger partial charge is 0.260 e. The van der Waals surface area contributed by atoms with Crippen LogP contribution in [0.1, 0.15) is 32.8 Å². The molecule has 1 atom stereocenters. The molecule has 0 aliphatic carbocycles. The maximum atomic E-state index is 12.8. The van der Waals surface area contributed by atoms with Gasteiger partial charge in [-0.1, -0.05) is 32.1 Å². The molecule has 0 bridgehead atoms. The van der Waals surface area contributed by atoms with Crippen molar-refractivity contribution in [3.63, 3.8) is 0 Å². The molecule has 150 valence electrons. The quantitative estimate of drug-likeness (QED) is 0.677. The molecular formula is C20H29NO5S. The number of hydrogen-bond acceptors (Lipinski definition) is 5. The van der Waals surface area contributed by atoms with Crippen LogP contribution in [-0.2, 0) is 14.6 Å². The molecule has 0 N–H and O–H groups in total. The van der Waals surface area contributed by atoms with Crippen LogP contribution in [-0.4, -0.2) is 57.0 Å². The molecule has 7 heteroatoms. The second-order valence-corrected chi connectivity index (χ2v) is 9.42. The van der Waals surface area contributed by atoms with Gasteiger partial charge < -0.3 is 14.4 Å². The first-order valence-electron chi connectivity index (χ1n) is 9.19. The first-order valence-corrected chi connectivity index (χ1v) is 11.0. The zero-order valence-corrected chi connectivity index (χ0v) is 17.3. The van der Waals surface area contributed by atoms with Crippen molar-refractivity contribution in [2.45, 2.75) is 33.2 Å². The molecule has 1 aromatic carbocycles. The summed E-state index contributed by atoms with van der Waals surface area (Å²) in [6.07, 6.45) is 4.36. The lowest BCUT2D eigenvalue weighted by Crippen LogP contribution is -2.45. The summed E-state index contributed by atoms with van der Waals surface area (Å²) in [6, 6.07) is 5.23. The summed E-state index contributed by atoms with van der Waals surface area (Å²) >= 11 is 0. The van der Waals surface area contributed by atoms with Crippen LogP contribution in [0.25, 0.3) is 6.08 Å². The zero-order valence-electron chi connectivity index (χ0n) is 16.5. The van der Waals surface area contributed by atoms with E-state index in [1.807, 2.05) is 45.1 Å². The van der Waals surface area contributed by atoms with Gasteiger partial charge in [0, 0.05) is 12.6 Å². The van der Waals surface area contributed by atoms with Gasteiger partial charge in [0.05, 0.1) is 18.6 Å². The van der Waals surface area contributed by atoms with Crippen molar-refractivity contribution in [1.29, 1.82) is 0 Å². The highest BCUT2D eigenvalue weighted by molar-refractivity contribution is 7.91. The maximum absolute atomic E-state index is 12.8. The summed E-state index contributed by atoms with van der Waals surface area (Å²) in [5.41, 5.74) is 0.977. The summed E-state index contributed by atoms with van der Waals surface area (Å²) in [5, 5.41) is 0. The fourth-order valence-electron chi connectivity index (χ4n) is 3.19. The number of methoxy groups -OCH3 is 1. The van der Waals surface area contributed by atoms with E-state index in [9.17, 15) is 13.2 Å². The highest BCUT2D eigenvalue weighted by Crippen LogP contribution is 2.29. The summed E-state index contributed by atoms with van der Waals surface area (Å²) in [7, 11) is -1.51. The van der Waals surface area contributed by atoms with Crippen LogP contribution in [0, 0.1) is 5.92 Å². The van der Waals surface area contributed by atoms with Gasteiger partial charge in [0.1, 0.15) is 0 Å². The Balaban J connectivity index is 2.09. The Kier molecular flexibility index (Phi) is 7.30. The normalized spacial score (nSPS) is 18.8. The highest BCUT2D eigenvalue weighted by Gasteiger charge is 2.35. The van der Waals surface area contributed by atoms with Crippen LogP contribution in [0.15, 0.2) is 24.3 Å². The van der Waals surface area contributed by atoms with Gasteiger partial charge >= 0.3 is 0 Å². The van der Waals surface area contributed by atoms with E-state index >= 15 is 0 Å². The lowest BCUT2D eigenvalue weighted by atomic mass is 10.1. The Morgan fingerprint density at radius 3 is 2.63 bits per heavy atom. The highest BCUT2D eigenvalue weighted by atomic mass is 32.2. The lowest BCUT2D eigenvalue weighted by Gasteiger charge is -2.30. The summed E-state index contributed by atoms with van der Waals surface area (Å²) in [6.45, 7) is 6.31. The van der Waals surface area contributed by atoms with Crippen molar-refractivity contribution < 1.29 is 22.7 Å². The fraction of sp³-hybridized carbons (Fsp3) is 0.550. The molecule has 0 radical (unpaired) electrons. The third-order valence-corrected chi connectivity index (χ3v) is 6.18. The van der Waals surface area contributed by atoms with Gasteiger partial charge in [0.2, 0.25) is 0 Å². The van der Waals surface area contributed by atoms with E-state index in [-0.39, 0.29) is 36.0 Å². The van der Waals surface area contributed by atoms with E-state index in [0.717, 1.165) is 5.56 Å². The molecule has 1 heterocycles. The maximum Gasteiger partial charge on any atom is 0.260 e. The van der Waals surface area contributed by atoms with Crippen molar-refractivity contribution >= 4 is 21.8 Å². The van der Waals surface area contributed by atoms with Gasteiger partial charge in [-0.3, -0.25) is 4.79 Å². The first kappa shape index (κ1) is 21.3. The average molecular weight is 396 g/mol. The summed E-state index contributed by atoms with van der Waals surface area (Å²) in [4.78, 5) is 14.4. The molecule has 1 fully saturated rings. The van der Waals surface area contributed by atoms with Gasteiger partial charge in [-0.05, 0) is 37.0 Å². The number of carbonyl (C=O) groups is 1. The van der Waals surface area contributed by atoms with Crippen LogP contribution in [0.3, 0.4) is 0 Å². The Labute approximate surface area is 162 Å². The van der Waals surface area contributed by atoms with Gasteiger partial charge in [0.15, 0.2) is 27.9 Å². The second kappa shape index (κ2) is 9.26. The average Bonchev–Trinajstić information content (AvgIpc) is 2.97. The van der Waals surface area contributed by atoms with Crippen LogP contribution < -0.4 is 9.47 Å². The van der Waals surface area contributed by atoms with E-state index in [2.05, 4.69) is 0 Å². The molecular weight excluding hydrogens is 366 g/mol. The minimum absolute atomic E-state index is 0.0346. The van der Waals surface area contributed by atoms with Gasteiger partial charge in [-0.25, -0.2) is 8.42 Å². The fourth-order valence-corrected chi connectivity index (χ4v) is 4.92. The molecule has 0 aromatic heterocycles. The third kappa shape index (κ3) is 5.99. The van der Waals surface area contributed by atoms with Crippen LogP contribution >= 0.6 is 0 Å². The first-order chi connectivity index (χ1) is 12.8. The third-order valence-electron chi connectivity index (χ3n) is 4.43. The van der Waals surface area contributed by atoms with Crippen molar-refractivity contribution in [2.75, 3.05) is 31.8 Å². The minimum atomic E-state index is -3.06. The Morgan fingerprint density at radius 1 is 1.33 bits per heavy atom. The van der Waals surface area contributed by atoms with Crippen molar-refractivity contribution in [3.05, 3.63) is 29.8 Å². The number of ether oxygens (including phenoxy) is 2. The molecule has 6 nitrogen and oxygen atoms in total. The van der Waals surface area contributed by atoms with Crippen molar-refractivity contribution in [3.8, 4) is 11.5 Å². The molecule has 2 rings (SSSR count). The van der Waals surface area contributed by atoms with E-state index in [1.54, 1.807) is 18.1 Å². The summed E-state index contributed by atoms with van der Waals surface area (Å²) < 4.78 is 34.7. The predicted octanol–water partition coefficient (Wildman–Crippen LogP) is 2.78. The van der Waals surface area contributed by atoms with E-state index in [0.29, 0.717) is 24.5 Å². The minimum Gasteiger partial charge on any atom is -0.493 e. The molecule has 0 spiro atoms. The lowest BCUT2D eigenvalue weighted by molar-refractivity contribution is -0.135. The monoisotopic (exact) mass is 395 g/mol. The Bertz CT molecular complexity index is 786. The van der Waals surface area contributed by atoms with Crippen molar-refractivity contribution in [2.24, 2.45) is 5.92 Å². The molecule has 1 amide bonds. The standard InChI is InChI=1S/C20H29NO5S/c1-5-6-16-7-8-18(19(11-16)25-4)26-13-20(22)21(12-15(2)3)17-9-10-27(23,24)14-17/h5-8,11,15,17H,9-10,12-14H2,1-4H3/b6-5+. The zero-order chi connectivity index (χ0) is 20.0. The van der Waals surface area contributed by atoms with Gasteiger partial charge in [-0.2, -0.15) is 0 Å². The number of allylic oxidation sites excluding steroid dienone is 1. The SMILES string of the molecule is C/C=C/c1ccc(OCC(=O)N(CC(C)C)C2CCS(=O)(=O)C2)c(OC)c1. The van der Waals surface area contributed by atoms with E-state index < -0.39 is 9.84 Å². The second-order valence-electron chi connectivity index (χ2n) is 7.20. The number of benzene rings is 1. The molecule has 27 heavy (non-hydrogen) atoms. The number of amides is 1. The van der Waals surface area contributed by atoms with Crippen LogP contribution in [0.4, 0.5) is 0 Å². The topological polar surface area (TPSA) is 72.9 Å². The molecule has 1 saturated heterocycles. The Hall–Kier alpha value is -2.02. The number of carbonyl (C=O) groups excluding carboxylic acids is 1. The van der Waals surface area contributed by atoms with E-state index in [1.165, 1.54) is 0 Å². The molecule has 1 aromatic rings. The molecule has 1 unspecified atom stereocenters. The summed E-state index contributed by atoms with van der Waals surface area (Å²) in [5.74, 6) is 1.25. The Morgan fingerprint density at radius 2 is 2.07 bits per heavy atom. The van der Waals surface area contributed by atoms with Crippen LogP contribution in [0.5, 0.6) is 11.5 Å². The van der Waals surface area contributed by atoms with E-state index in [4.69, 9.17) is 9.47 Å². The number of nitrogens with zero attached hydrogens (tertiary/aromatic N) is 1. The van der Waals surface area contributed by atoms with Crippen LogP contribution in [0.2, 0.25) is 0 Å². The van der Waals surface area contributed by atoms with Gasteiger partial charge in [0.25, 0.3) is 5.91 Å². The number of sulfone groups is 1. The van der Waals surface area contributed by atoms with Crippen molar-refractivity contribution in [1.82, 2.24) is 4.90 Å². The number of rotatable bonds is 8. The molecule has 1 aliphatic heterocycles. The number of hydrogen-bond donors (Lipinski definition) is 0. The van der Waals surface area contributed by atoms with Gasteiger partial charge in [-0.15, -0.1) is 0 Å². The molecule has 1 aliphatic rings.